The molecule has 3 aliphatic heterocycles. The molecular formula is C40H41ClN8O8S. The molecule has 5 amide bonds. The summed E-state index contributed by atoms with van der Waals surface area (Å²) in [5.74, 6) is -1.59. The molecule has 2 atom stereocenters. The number of aryl methyl sites for hydroxylation is 2. The molecule has 1 saturated heterocycles. The van der Waals surface area contributed by atoms with Crippen LogP contribution in [0.2, 0.25) is 5.02 Å². The maximum Gasteiger partial charge on any atom is 0.264 e. The number of hydrogen-bond donors (Lipinski definition) is 3. The molecule has 0 saturated carbocycles. The third kappa shape index (κ3) is 8.34. The van der Waals surface area contributed by atoms with Crippen LogP contribution in [-0.4, -0.2) is 106 Å². The van der Waals surface area contributed by atoms with E-state index in [1.165, 1.54) is 6.07 Å². The van der Waals surface area contributed by atoms with Gasteiger partial charge in [0.1, 0.15) is 22.9 Å². The molecule has 0 spiro atoms. The van der Waals surface area contributed by atoms with Gasteiger partial charge in [-0.3, -0.25) is 48.5 Å². The number of hydrogen-bond acceptors (Lipinski definition) is 13. The van der Waals surface area contributed by atoms with Gasteiger partial charge >= 0.3 is 0 Å². The Morgan fingerprint density at radius 1 is 0.948 bits per heavy atom. The molecule has 18 heteroatoms. The summed E-state index contributed by atoms with van der Waals surface area (Å²) in [7, 11) is 0. The van der Waals surface area contributed by atoms with Gasteiger partial charge < -0.3 is 20.1 Å². The second kappa shape index (κ2) is 17.5. The number of thiophene rings is 1. The Hall–Kier alpha value is -5.62. The number of Topliss-reactive ketones (excluding diaryl/α,β-unsaturated/α-hetero) is 1. The molecule has 302 valence electrons. The molecule has 3 aliphatic rings. The molecular weight excluding hydrogens is 788 g/mol. The fourth-order valence-corrected chi connectivity index (χ4v) is 8.45. The van der Waals surface area contributed by atoms with Gasteiger partial charge in [-0.15, -0.1) is 21.5 Å². The zero-order valence-electron chi connectivity index (χ0n) is 32.1. The number of benzene rings is 2. The predicted molar refractivity (Wildman–Crippen MR) is 214 cm³/mol. The number of ketones is 1. The monoisotopic (exact) mass is 828 g/mol. The minimum atomic E-state index is -1.05. The molecule has 0 aliphatic carbocycles. The maximum absolute atomic E-state index is 13.3. The molecule has 1 fully saturated rings. The Balaban J connectivity index is 0.836. The van der Waals surface area contributed by atoms with Gasteiger partial charge in [0.25, 0.3) is 11.8 Å². The van der Waals surface area contributed by atoms with Crippen LogP contribution in [0, 0.1) is 20.8 Å². The first-order valence-electron chi connectivity index (χ1n) is 18.8. The fourth-order valence-electron chi connectivity index (χ4n) is 7.11. The van der Waals surface area contributed by atoms with Crippen LogP contribution < -0.4 is 16.0 Å². The molecule has 2 aromatic carbocycles. The summed E-state index contributed by atoms with van der Waals surface area (Å²) < 4.78 is 13.1. The minimum absolute atomic E-state index is 0.00710. The lowest BCUT2D eigenvalue weighted by atomic mass is 9.99. The number of nitrogens with one attached hydrogen (secondary N) is 3. The Labute approximate surface area is 342 Å². The smallest absolute Gasteiger partial charge is 0.264 e. The van der Waals surface area contributed by atoms with Crippen LogP contribution in [0.5, 0.6) is 0 Å². The molecule has 4 aromatic rings. The SMILES string of the molecule is Cc1sc2c(c1C)C(c1ccc(Cl)cc1)=N[C@@H](CC(=O)CNC(=O)CCOCCOCCNc1cccc3c1C(=O)N(C1CCC(=O)NC1=O)C3=O)c1nnc(C)n1-2. The standard InChI is InChI=1S/C40H41ClN8O8S/c1-21-22(2)58-40-33(21)35(24-7-9-25(41)10-8-24)44-29(36-47-46-23(3)48(36)40)19-26(50)20-43-31(51)13-15-56-17-18-57-16-14-42-28-6-4-5-27-34(28)39(55)49(38(27)54)30-11-12-32(52)45-37(30)53/h4-10,29-30,42H,11-20H2,1-3H3,(H,43,51)(H,45,52,53)/t29-,30?/m0/s1. The van der Waals surface area contributed by atoms with Crippen molar-refractivity contribution in [2.45, 2.75) is 58.5 Å². The second-order valence-corrected chi connectivity index (χ2v) is 15.6. The summed E-state index contributed by atoms with van der Waals surface area (Å²) >= 11 is 7.83. The van der Waals surface area contributed by atoms with E-state index in [1.807, 2.05) is 35.8 Å². The van der Waals surface area contributed by atoms with E-state index in [-0.39, 0.29) is 81.5 Å². The lowest BCUT2D eigenvalue weighted by Gasteiger charge is -2.27. The number of aliphatic imine (C=N–C) groups is 1. The van der Waals surface area contributed by atoms with Crippen molar-refractivity contribution in [1.29, 1.82) is 0 Å². The van der Waals surface area contributed by atoms with Crippen molar-refractivity contribution >= 4 is 69.7 Å². The van der Waals surface area contributed by atoms with Gasteiger partial charge in [-0.2, -0.15) is 0 Å². The van der Waals surface area contributed by atoms with Crippen LogP contribution in [0.4, 0.5) is 5.69 Å². The number of halogens is 1. The van der Waals surface area contributed by atoms with E-state index in [9.17, 15) is 28.8 Å². The first-order chi connectivity index (χ1) is 27.9. The third-order valence-electron chi connectivity index (χ3n) is 10.1. The summed E-state index contributed by atoms with van der Waals surface area (Å²) in [5, 5.41) is 18.3. The Morgan fingerprint density at radius 3 is 2.47 bits per heavy atom. The quantitative estimate of drug-likeness (QED) is 0.110. The number of carbonyl (C=O) groups excluding carboxylic acids is 6. The van der Waals surface area contributed by atoms with Crippen molar-refractivity contribution in [2.75, 3.05) is 44.8 Å². The number of amides is 5. The Kier molecular flexibility index (Phi) is 12.2. The van der Waals surface area contributed by atoms with Crippen molar-refractivity contribution in [3.8, 4) is 5.00 Å². The molecule has 5 heterocycles. The van der Waals surface area contributed by atoms with Crippen molar-refractivity contribution in [2.24, 2.45) is 4.99 Å². The summed E-state index contributed by atoms with van der Waals surface area (Å²) in [6.45, 7) is 6.97. The minimum Gasteiger partial charge on any atom is -0.382 e. The summed E-state index contributed by atoms with van der Waals surface area (Å²) in [4.78, 5) is 83.3. The van der Waals surface area contributed by atoms with Crippen LogP contribution in [0.3, 0.4) is 0 Å². The van der Waals surface area contributed by atoms with Crippen LogP contribution in [0.15, 0.2) is 47.5 Å². The lowest BCUT2D eigenvalue weighted by molar-refractivity contribution is -0.136. The molecule has 3 N–H and O–H groups in total. The summed E-state index contributed by atoms with van der Waals surface area (Å²) in [6.07, 6.45) is 0.170. The van der Waals surface area contributed by atoms with Crippen LogP contribution in [0.1, 0.15) is 85.7 Å². The summed E-state index contributed by atoms with van der Waals surface area (Å²) in [5.41, 5.74) is 4.44. The number of nitrogens with zero attached hydrogens (tertiary/aromatic N) is 5. The fraction of sp³-hybridized carbons (Fsp3) is 0.375. The number of carbonyl (C=O) groups is 6. The molecule has 16 nitrogen and oxygen atoms in total. The zero-order valence-corrected chi connectivity index (χ0v) is 33.6. The number of aromatic nitrogens is 3. The van der Waals surface area contributed by atoms with Gasteiger partial charge in [-0.1, -0.05) is 29.8 Å². The van der Waals surface area contributed by atoms with Crippen molar-refractivity contribution in [3.63, 3.8) is 0 Å². The van der Waals surface area contributed by atoms with Gasteiger partial charge in [-0.25, -0.2) is 0 Å². The van der Waals surface area contributed by atoms with E-state index in [0.717, 1.165) is 37.2 Å². The predicted octanol–water partition coefficient (Wildman–Crippen LogP) is 3.81. The highest BCUT2D eigenvalue weighted by Crippen LogP contribution is 2.40. The highest BCUT2D eigenvalue weighted by atomic mass is 35.5. The number of imide groups is 2. The maximum atomic E-state index is 13.3. The normalized spacial score (nSPS) is 17.3. The number of rotatable bonds is 16. The largest absolute Gasteiger partial charge is 0.382 e. The van der Waals surface area contributed by atoms with E-state index < -0.39 is 35.7 Å². The Bertz CT molecular complexity index is 2340. The van der Waals surface area contributed by atoms with Gasteiger partial charge in [0.2, 0.25) is 17.7 Å². The first-order valence-corrected chi connectivity index (χ1v) is 20.0. The lowest BCUT2D eigenvalue weighted by Crippen LogP contribution is -2.54. The molecule has 0 bridgehead atoms. The van der Waals surface area contributed by atoms with Crippen molar-refractivity contribution in [3.05, 3.63) is 91.8 Å². The number of ether oxygens (including phenoxy) is 2. The van der Waals surface area contributed by atoms with E-state index in [2.05, 4.69) is 40.0 Å². The molecule has 0 radical (unpaired) electrons. The molecule has 58 heavy (non-hydrogen) atoms. The van der Waals surface area contributed by atoms with E-state index in [0.29, 0.717) is 28.9 Å². The Morgan fingerprint density at radius 2 is 1.71 bits per heavy atom. The van der Waals surface area contributed by atoms with E-state index in [1.54, 1.807) is 23.5 Å². The van der Waals surface area contributed by atoms with Crippen LogP contribution in [-0.2, 0) is 28.7 Å². The third-order valence-corrected chi connectivity index (χ3v) is 11.6. The number of piperidine rings is 1. The topological polar surface area (TPSA) is 203 Å². The summed E-state index contributed by atoms with van der Waals surface area (Å²) in [6, 6.07) is 10.6. The van der Waals surface area contributed by atoms with Gasteiger partial charge in [0.15, 0.2) is 11.6 Å². The van der Waals surface area contributed by atoms with Gasteiger partial charge in [0, 0.05) is 52.5 Å². The van der Waals surface area contributed by atoms with Crippen molar-refractivity contribution in [1.82, 2.24) is 30.3 Å². The molecule has 2 aromatic heterocycles. The highest BCUT2D eigenvalue weighted by Gasteiger charge is 2.45. The highest BCUT2D eigenvalue weighted by molar-refractivity contribution is 7.15. The van der Waals surface area contributed by atoms with E-state index in [4.69, 9.17) is 26.1 Å². The molecule has 7 rings (SSSR count). The van der Waals surface area contributed by atoms with Crippen LogP contribution in [0.25, 0.3) is 5.00 Å². The van der Waals surface area contributed by atoms with Crippen molar-refractivity contribution < 1.29 is 38.2 Å². The average Bonchev–Trinajstić information content (AvgIpc) is 3.78. The van der Waals surface area contributed by atoms with E-state index >= 15 is 0 Å². The molecule has 1 unspecified atom stereocenters. The van der Waals surface area contributed by atoms with Gasteiger partial charge in [0.05, 0.1) is 49.8 Å². The van der Waals surface area contributed by atoms with Crippen LogP contribution >= 0.6 is 22.9 Å². The first kappa shape index (κ1) is 40.6. The number of anilines is 1. The average molecular weight is 829 g/mol. The number of fused-ring (bicyclic) bond motifs is 4. The second-order valence-electron chi connectivity index (χ2n) is 14.0. The van der Waals surface area contributed by atoms with Gasteiger partial charge in [-0.05, 0) is 57.0 Å². The zero-order chi connectivity index (χ0) is 41.1.